The highest BCUT2D eigenvalue weighted by Gasteiger charge is 2.34. The van der Waals surface area contributed by atoms with Crippen LogP contribution in [0.5, 0.6) is 0 Å². The molecule has 1 fully saturated rings. The summed E-state index contributed by atoms with van der Waals surface area (Å²) in [4.78, 5) is 32.7. The molecule has 2 atom stereocenters. The van der Waals surface area contributed by atoms with E-state index in [0.717, 1.165) is 30.5 Å². The molecule has 0 saturated carbocycles. The third kappa shape index (κ3) is 6.21. The van der Waals surface area contributed by atoms with Crippen LogP contribution in [0.3, 0.4) is 0 Å². The summed E-state index contributed by atoms with van der Waals surface area (Å²) in [6, 6.07) is 24.2. The highest BCUT2D eigenvalue weighted by molar-refractivity contribution is 6.31. The molecule has 0 bridgehead atoms. The Hall–Kier alpha value is -3.74. The molecule has 3 aromatic rings. The van der Waals surface area contributed by atoms with Gasteiger partial charge in [-0.1, -0.05) is 84.4 Å². The number of para-hydroxylation sites is 1. The van der Waals surface area contributed by atoms with E-state index in [1.807, 2.05) is 78.9 Å². The lowest BCUT2D eigenvalue weighted by atomic mass is 9.95. The minimum atomic E-state index is -1.42. The lowest BCUT2D eigenvalue weighted by Gasteiger charge is -2.25. The number of aliphatic imine (C=N–C) groups is 1. The fourth-order valence-corrected chi connectivity index (χ4v) is 4.95. The average Bonchev–Trinajstić information content (AvgIpc) is 3.38. The van der Waals surface area contributed by atoms with Gasteiger partial charge < -0.3 is 10.4 Å². The van der Waals surface area contributed by atoms with E-state index in [0.29, 0.717) is 28.5 Å². The molecule has 1 heterocycles. The SMILES string of the molecule is C=CC[C@](C)(N=C(c1ccccc1)c1ccccc1NC(=O)[C@@H]1CCCN1Cc1ccccc1Cl)C(=O)O. The summed E-state index contributed by atoms with van der Waals surface area (Å²) in [5, 5.41) is 13.8. The monoisotopic (exact) mass is 529 g/mol. The summed E-state index contributed by atoms with van der Waals surface area (Å²) in [5.41, 5.74) is 2.05. The number of carboxylic acids is 1. The van der Waals surface area contributed by atoms with Crippen LogP contribution in [0.15, 0.2) is 96.5 Å². The van der Waals surface area contributed by atoms with Gasteiger partial charge in [0.2, 0.25) is 5.91 Å². The third-order valence-electron chi connectivity index (χ3n) is 6.85. The molecule has 38 heavy (non-hydrogen) atoms. The number of nitrogens with zero attached hydrogens (tertiary/aromatic N) is 2. The average molecular weight is 530 g/mol. The number of halogens is 1. The molecule has 1 amide bonds. The molecular weight excluding hydrogens is 498 g/mol. The predicted molar refractivity (Wildman–Crippen MR) is 153 cm³/mol. The van der Waals surface area contributed by atoms with Crippen LogP contribution >= 0.6 is 11.6 Å². The van der Waals surface area contributed by atoms with Gasteiger partial charge in [-0.3, -0.25) is 14.7 Å². The molecule has 1 saturated heterocycles. The molecule has 6 nitrogen and oxygen atoms in total. The Bertz CT molecular complexity index is 1340. The van der Waals surface area contributed by atoms with E-state index in [1.165, 1.54) is 0 Å². The Morgan fingerprint density at radius 3 is 2.50 bits per heavy atom. The number of benzene rings is 3. The van der Waals surface area contributed by atoms with Gasteiger partial charge >= 0.3 is 5.97 Å². The van der Waals surface area contributed by atoms with Crippen molar-refractivity contribution in [3.05, 3.63) is 113 Å². The van der Waals surface area contributed by atoms with Gasteiger partial charge in [0, 0.05) is 29.1 Å². The molecule has 1 aliphatic rings. The largest absolute Gasteiger partial charge is 0.479 e. The number of nitrogens with one attached hydrogen (secondary N) is 1. The summed E-state index contributed by atoms with van der Waals surface area (Å²) < 4.78 is 0. The number of rotatable bonds is 10. The first-order chi connectivity index (χ1) is 18.3. The van der Waals surface area contributed by atoms with Crippen molar-refractivity contribution in [3.8, 4) is 0 Å². The molecule has 196 valence electrons. The highest BCUT2D eigenvalue weighted by atomic mass is 35.5. The summed E-state index contributed by atoms with van der Waals surface area (Å²) in [5.74, 6) is -1.16. The van der Waals surface area contributed by atoms with E-state index in [1.54, 1.807) is 13.0 Å². The molecule has 0 aliphatic carbocycles. The van der Waals surface area contributed by atoms with Crippen LogP contribution in [-0.4, -0.2) is 45.7 Å². The number of aliphatic carboxylic acids is 1. The van der Waals surface area contributed by atoms with Crippen molar-refractivity contribution >= 4 is 34.9 Å². The van der Waals surface area contributed by atoms with Crippen LogP contribution in [-0.2, 0) is 16.1 Å². The van der Waals surface area contributed by atoms with E-state index in [2.05, 4.69) is 16.8 Å². The van der Waals surface area contributed by atoms with Crippen molar-refractivity contribution in [1.82, 2.24) is 4.90 Å². The topological polar surface area (TPSA) is 82.0 Å². The quantitative estimate of drug-likeness (QED) is 0.242. The van der Waals surface area contributed by atoms with Gasteiger partial charge in [-0.05, 0) is 44.0 Å². The Balaban J connectivity index is 1.67. The first-order valence-corrected chi connectivity index (χ1v) is 13.1. The molecule has 3 aromatic carbocycles. The van der Waals surface area contributed by atoms with Crippen LogP contribution in [0.2, 0.25) is 5.02 Å². The second-order valence-corrected chi connectivity index (χ2v) is 10.1. The van der Waals surface area contributed by atoms with Crippen molar-refractivity contribution in [2.24, 2.45) is 4.99 Å². The van der Waals surface area contributed by atoms with Crippen molar-refractivity contribution in [3.63, 3.8) is 0 Å². The first-order valence-electron chi connectivity index (χ1n) is 12.7. The van der Waals surface area contributed by atoms with Crippen molar-refractivity contribution in [1.29, 1.82) is 0 Å². The summed E-state index contributed by atoms with van der Waals surface area (Å²) in [6.07, 6.45) is 3.38. The molecular formula is C31H32ClN3O3. The summed E-state index contributed by atoms with van der Waals surface area (Å²) >= 11 is 6.38. The molecule has 0 unspecified atom stereocenters. The molecule has 1 aliphatic heterocycles. The fraction of sp³-hybridized carbons (Fsp3) is 0.258. The number of carbonyl (C=O) groups excluding carboxylic acids is 1. The van der Waals surface area contributed by atoms with Crippen LogP contribution < -0.4 is 5.32 Å². The Kier molecular flexibility index (Phi) is 8.77. The molecule has 4 rings (SSSR count). The summed E-state index contributed by atoms with van der Waals surface area (Å²) in [7, 11) is 0. The number of carboxylic acid groups (broad SMARTS) is 1. The van der Waals surface area contributed by atoms with Crippen molar-refractivity contribution < 1.29 is 14.7 Å². The lowest BCUT2D eigenvalue weighted by Crippen LogP contribution is -2.39. The van der Waals surface area contributed by atoms with Crippen molar-refractivity contribution in [2.45, 2.75) is 44.3 Å². The van der Waals surface area contributed by atoms with E-state index in [-0.39, 0.29) is 18.4 Å². The van der Waals surface area contributed by atoms with Crippen molar-refractivity contribution in [2.75, 3.05) is 11.9 Å². The zero-order valence-corrected chi connectivity index (χ0v) is 22.2. The lowest BCUT2D eigenvalue weighted by molar-refractivity contribution is -0.142. The van der Waals surface area contributed by atoms with Gasteiger partial charge in [0.05, 0.1) is 17.4 Å². The fourth-order valence-electron chi connectivity index (χ4n) is 4.76. The Morgan fingerprint density at radius 1 is 1.11 bits per heavy atom. The van der Waals surface area contributed by atoms with Crippen LogP contribution in [0, 0.1) is 0 Å². The second-order valence-electron chi connectivity index (χ2n) is 9.65. The maximum absolute atomic E-state index is 13.6. The number of carbonyl (C=O) groups is 2. The molecule has 0 aromatic heterocycles. The van der Waals surface area contributed by atoms with Gasteiger partial charge in [0.15, 0.2) is 5.54 Å². The zero-order valence-electron chi connectivity index (χ0n) is 21.4. The van der Waals surface area contributed by atoms with Gasteiger partial charge in [-0.15, -0.1) is 6.58 Å². The van der Waals surface area contributed by atoms with Crippen LogP contribution in [0.25, 0.3) is 0 Å². The number of hydrogen-bond acceptors (Lipinski definition) is 4. The maximum Gasteiger partial charge on any atom is 0.331 e. The minimum absolute atomic E-state index is 0.110. The Labute approximate surface area is 228 Å². The van der Waals surface area contributed by atoms with E-state index < -0.39 is 11.5 Å². The van der Waals surface area contributed by atoms with E-state index in [4.69, 9.17) is 16.6 Å². The number of anilines is 1. The predicted octanol–water partition coefficient (Wildman–Crippen LogP) is 6.20. The van der Waals surface area contributed by atoms with Gasteiger partial charge in [-0.25, -0.2) is 4.79 Å². The third-order valence-corrected chi connectivity index (χ3v) is 7.21. The van der Waals surface area contributed by atoms with E-state index in [9.17, 15) is 14.7 Å². The van der Waals surface area contributed by atoms with E-state index >= 15 is 0 Å². The van der Waals surface area contributed by atoms with Crippen LogP contribution in [0.4, 0.5) is 5.69 Å². The number of likely N-dealkylation sites (tertiary alicyclic amines) is 1. The first kappa shape index (κ1) is 27.3. The number of amides is 1. The van der Waals surface area contributed by atoms with Gasteiger partial charge in [0.1, 0.15) is 0 Å². The van der Waals surface area contributed by atoms with Gasteiger partial charge in [-0.2, -0.15) is 0 Å². The molecule has 0 spiro atoms. The summed E-state index contributed by atoms with van der Waals surface area (Å²) in [6.45, 7) is 6.70. The van der Waals surface area contributed by atoms with Crippen LogP contribution in [0.1, 0.15) is 42.9 Å². The molecule has 0 radical (unpaired) electrons. The second kappa shape index (κ2) is 12.2. The minimum Gasteiger partial charge on any atom is -0.479 e. The maximum atomic E-state index is 13.6. The highest BCUT2D eigenvalue weighted by Crippen LogP contribution is 2.28. The zero-order chi connectivity index (χ0) is 27.1. The standard InChI is InChI=1S/C31H32ClN3O3/c1-3-19-31(2,30(37)38)34-28(22-12-5-4-6-13-22)24-15-8-10-17-26(24)33-29(36)27-18-11-20-35(27)21-23-14-7-9-16-25(23)32/h3-10,12-17,27H,1,11,18-21H2,2H3,(H,33,36)(H,37,38)/t27-,31-/m0/s1. The molecule has 7 heteroatoms. The smallest absolute Gasteiger partial charge is 0.331 e. The molecule has 2 N–H and O–H groups in total. The number of hydrogen-bond donors (Lipinski definition) is 2. The normalized spacial score (nSPS) is 17.5. The Morgan fingerprint density at radius 2 is 1.79 bits per heavy atom. The van der Waals surface area contributed by atoms with Gasteiger partial charge in [0.25, 0.3) is 0 Å².